The molecule has 0 aliphatic carbocycles. The topological polar surface area (TPSA) is 32.7 Å². The number of rotatable bonds is 6. The van der Waals surface area contributed by atoms with E-state index in [-0.39, 0.29) is 12.0 Å². The fourth-order valence-electron chi connectivity index (χ4n) is 4.35. The third-order valence-corrected chi connectivity index (χ3v) is 6.55. The van der Waals surface area contributed by atoms with Gasteiger partial charge >= 0.3 is 6.18 Å². The van der Waals surface area contributed by atoms with E-state index in [9.17, 15) is 18.3 Å². The first-order chi connectivity index (χ1) is 14.2. The van der Waals surface area contributed by atoms with Crippen LogP contribution in [0.3, 0.4) is 0 Å². The Kier molecular flexibility index (Phi) is 6.78. The van der Waals surface area contributed by atoms with E-state index in [1.54, 1.807) is 13.2 Å². The number of benzene rings is 2. The van der Waals surface area contributed by atoms with E-state index < -0.39 is 11.7 Å². The Labute approximate surface area is 176 Å². The van der Waals surface area contributed by atoms with Crippen molar-refractivity contribution in [3.05, 3.63) is 64.2 Å². The molecule has 0 aromatic heterocycles. The summed E-state index contributed by atoms with van der Waals surface area (Å²) in [5.74, 6) is 0.885. The number of halogens is 3. The summed E-state index contributed by atoms with van der Waals surface area (Å²) < 4.78 is 44.5. The van der Waals surface area contributed by atoms with Crippen LogP contribution in [0.1, 0.15) is 40.7 Å². The third-order valence-electron chi connectivity index (χ3n) is 6.55. The van der Waals surface area contributed by atoms with Crippen LogP contribution in [0.25, 0.3) is 0 Å². The van der Waals surface area contributed by atoms with Crippen LogP contribution in [0.5, 0.6) is 5.75 Å². The molecule has 1 aliphatic rings. The summed E-state index contributed by atoms with van der Waals surface area (Å²) in [6.07, 6.45) is -2.37. The summed E-state index contributed by atoms with van der Waals surface area (Å²) in [5.41, 5.74) is 3.25. The fourth-order valence-corrected chi connectivity index (χ4v) is 4.35. The molecular weight excluding hydrogens is 391 g/mol. The first-order valence-electron chi connectivity index (χ1n) is 10.3. The average Bonchev–Trinajstić information content (AvgIpc) is 2.73. The zero-order valence-corrected chi connectivity index (χ0v) is 17.9. The van der Waals surface area contributed by atoms with Gasteiger partial charge in [0.1, 0.15) is 5.75 Å². The summed E-state index contributed by atoms with van der Waals surface area (Å²) in [6.45, 7) is 6.58. The van der Waals surface area contributed by atoms with E-state index in [4.69, 9.17) is 4.74 Å². The van der Waals surface area contributed by atoms with E-state index in [0.29, 0.717) is 12.0 Å². The highest BCUT2D eigenvalue weighted by Gasteiger charge is 2.35. The lowest BCUT2D eigenvalue weighted by molar-refractivity contribution is -0.137. The largest absolute Gasteiger partial charge is 0.496 e. The average molecular weight is 422 g/mol. The van der Waals surface area contributed by atoms with Crippen LogP contribution in [0, 0.1) is 19.3 Å². The molecule has 3 rings (SSSR count). The first-order valence-corrected chi connectivity index (χ1v) is 10.3. The quantitative estimate of drug-likeness (QED) is 0.700. The van der Waals surface area contributed by atoms with Crippen molar-refractivity contribution in [2.24, 2.45) is 5.41 Å². The number of aliphatic hydroxyl groups is 1. The van der Waals surface area contributed by atoms with E-state index in [1.807, 2.05) is 6.07 Å². The lowest BCUT2D eigenvalue weighted by Crippen LogP contribution is -2.43. The van der Waals surface area contributed by atoms with E-state index in [0.717, 1.165) is 49.9 Å². The minimum Gasteiger partial charge on any atom is -0.496 e. The Balaban J connectivity index is 1.66. The van der Waals surface area contributed by atoms with Crippen molar-refractivity contribution in [3.8, 4) is 5.75 Å². The SMILES string of the molecule is COc1ccc(CN2CCC(CO)(Cc3cccc(C(F)(F)F)c3)CC2)c(C)c1C. The van der Waals surface area contributed by atoms with Crippen LogP contribution in [0.4, 0.5) is 13.2 Å². The van der Waals surface area contributed by atoms with Gasteiger partial charge in [0.05, 0.1) is 12.7 Å². The number of nitrogens with zero attached hydrogens (tertiary/aromatic N) is 1. The Hall–Kier alpha value is -2.05. The summed E-state index contributed by atoms with van der Waals surface area (Å²) in [6, 6.07) is 9.57. The van der Waals surface area contributed by atoms with E-state index in [2.05, 4.69) is 24.8 Å². The minimum atomic E-state index is -4.35. The second kappa shape index (κ2) is 8.98. The molecule has 1 saturated heterocycles. The summed E-state index contributed by atoms with van der Waals surface area (Å²) in [5, 5.41) is 10.1. The number of alkyl halides is 3. The molecule has 1 fully saturated rings. The van der Waals surface area contributed by atoms with Crippen molar-refractivity contribution < 1.29 is 23.0 Å². The molecular formula is C24H30F3NO2. The van der Waals surface area contributed by atoms with Gasteiger partial charge < -0.3 is 9.84 Å². The molecule has 0 saturated carbocycles. The highest BCUT2D eigenvalue weighted by molar-refractivity contribution is 5.43. The molecule has 0 bridgehead atoms. The van der Waals surface area contributed by atoms with Crippen LogP contribution in [0.2, 0.25) is 0 Å². The summed E-state index contributed by atoms with van der Waals surface area (Å²) in [7, 11) is 1.67. The molecule has 0 atom stereocenters. The number of hydrogen-bond acceptors (Lipinski definition) is 3. The second-order valence-electron chi connectivity index (χ2n) is 8.49. The zero-order chi connectivity index (χ0) is 21.9. The zero-order valence-electron chi connectivity index (χ0n) is 17.9. The molecule has 30 heavy (non-hydrogen) atoms. The second-order valence-corrected chi connectivity index (χ2v) is 8.49. The van der Waals surface area contributed by atoms with Crippen molar-refractivity contribution in [1.82, 2.24) is 4.90 Å². The molecule has 164 valence electrons. The summed E-state index contributed by atoms with van der Waals surface area (Å²) >= 11 is 0. The minimum absolute atomic E-state index is 0.0161. The summed E-state index contributed by atoms with van der Waals surface area (Å²) in [4.78, 5) is 2.36. The van der Waals surface area contributed by atoms with E-state index in [1.165, 1.54) is 23.3 Å². The Morgan fingerprint density at radius 3 is 2.37 bits per heavy atom. The molecule has 1 aliphatic heterocycles. The Morgan fingerprint density at radius 2 is 1.77 bits per heavy atom. The van der Waals surface area contributed by atoms with Crippen molar-refractivity contribution >= 4 is 0 Å². The van der Waals surface area contributed by atoms with Gasteiger partial charge in [-0.2, -0.15) is 13.2 Å². The van der Waals surface area contributed by atoms with Gasteiger partial charge in [0.15, 0.2) is 0 Å². The molecule has 0 unspecified atom stereocenters. The fraction of sp³-hybridized carbons (Fsp3) is 0.500. The normalized spacial score (nSPS) is 17.2. The molecule has 6 heteroatoms. The number of ether oxygens (including phenoxy) is 1. The van der Waals surface area contributed by atoms with Crippen LogP contribution in [-0.4, -0.2) is 36.8 Å². The van der Waals surface area contributed by atoms with Gasteiger partial charge in [-0.1, -0.05) is 24.3 Å². The molecule has 3 nitrogen and oxygen atoms in total. The van der Waals surface area contributed by atoms with Gasteiger partial charge in [-0.15, -0.1) is 0 Å². The van der Waals surface area contributed by atoms with Crippen molar-refractivity contribution in [2.45, 2.75) is 45.8 Å². The van der Waals surface area contributed by atoms with Crippen LogP contribution >= 0.6 is 0 Å². The van der Waals surface area contributed by atoms with Crippen LogP contribution in [-0.2, 0) is 19.1 Å². The maximum atomic E-state index is 13.0. The number of likely N-dealkylation sites (tertiary alicyclic amines) is 1. The standard InChI is InChI=1S/C24H30F3NO2/c1-17-18(2)22(30-3)8-7-20(17)15-28-11-9-23(16-29,10-12-28)14-19-5-4-6-21(13-19)24(25,26)27/h4-8,13,29H,9-12,14-16H2,1-3H3. The van der Waals surface area contributed by atoms with Gasteiger partial charge in [0.2, 0.25) is 0 Å². The molecule has 0 spiro atoms. The number of methoxy groups -OCH3 is 1. The molecule has 1 N–H and O–H groups in total. The molecule has 1 heterocycles. The van der Waals surface area contributed by atoms with Crippen LogP contribution < -0.4 is 4.74 Å². The smallest absolute Gasteiger partial charge is 0.416 e. The van der Waals surface area contributed by atoms with Gasteiger partial charge in [0, 0.05) is 13.2 Å². The number of aliphatic hydroxyl groups excluding tert-OH is 1. The molecule has 0 radical (unpaired) electrons. The predicted molar refractivity (Wildman–Crippen MR) is 112 cm³/mol. The molecule has 0 amide bonds. The van der Waals surface area contributed by atoms with Crippen LogP contribution in [0.15, 0.2) is 36.4 Å². The van der Waals surface area contributed by atoms with Gasteiger partial charge in [-0.05, 0) is 86.0 Å². The van der Waals surface area contributed by atoms with Crippen molar-refractivity contribution in [1.29, 1.82) is 0 Å². The van der Waals surface area contributed by atoms with Gasteiger partial charge in [-0.25, -0.2) is 0 Å². The monoisotopic (exact) mass is 421 g/mol. The number of hydrogen-bond donors (Lipinski definition) is 1. The van der Waals surface area contributed by atoms with Gasteiger partial charge in [-0.3, -0.25) is 4.90 Å². The van der Waals surface area contributed by atoms with Crippen molar-refractivity contribution in [3.63, 3.8) is 0 Å². The van der Waals surface area contributed by atoms with Gasteiger partial charge in [0.25, 0.3) is 0 Å². The lowest BCUT2D eigenvalue weighted by atomic mass is 9.74. The van der Waals surface area contributed by atoms with Crippen molar-refractivity contribution in [2.75, 3.05) is 26.8 Å². The Morgan fingerprint density at radius 1 is 1.07 bits per heavy atom. The highest BCUT2D eigenvalue weighted by atomic mass is 19.4. The first kappa shape index (κ1) is 22.6. The predicted octanol–water partition coefficient (Wildman–Crippen LogP) is 5.15. The maximum Gasteiger partial charge on any atom is 0.416 e. The highest BCUT2D eigenvalue weighted by Crippen LogP contribution is 2.37. The third kappa shape index (κ3) is 4.98. The molecule has 2 aromatic rings. The number of piperidine rings is 1. The molecule has 2 aromatic carbocycles. The van der Waals surface area contributed by atoms with E-state index >= 15 is 0 Å². The maximum absolute atomic E-state index is 13.0. The lowest BCUT2D eigenvalue weighted by Gasteiger charge is -2.41. The Bertz CT molecular complexity index is 871.